The zero-order valence-electron chi connectivity index (χ0n) is 24.7. The summed E-state index contributed by atoms with van der Waals surface area (Å²) in [6.07, 6.45) is 4.76. The first-order valence-electron chi connectivity index (χ1n) is 14.6. The first kappa shape index (κ1) is 30.3. The molecular formula is C32H38ClN7O3. The third-order valence-electron chi connectivity index (χ3n) is 7.70. The number of benzene rings is 2. The van der Waals surface area contributed by atoms with Crippen LogP contribution in [0, 0.1) is 11.8 Å². The van der Waals surface area contributed by atoms with Crippen molar-refractivity contribution in [2.75, 3.05) is 12.3 Å². The highest BCUT2D eigenvalue weighted by Crippen LogP contribution is 2.33. The number of fused-ring (bicyclic) bond motifs is 1. The maximum absolute atomic E-state index is 13.5. The number of carbonyl (C=O) groups is 2. The average Bonchev–Trinajstić information content (AvgIpc) is 3.37. The number of halogens is 1. The van der Waals surface area contributed by atoms with E-state index in [1.807, 2.05) is 69.3 Å². The predicted octanol–water partition coefficient (Wildman–Crippen LogP) is 5.99. The van der Waals surface area contributed by atoms with Gasteiger partial charge in [0, 0.05) is 23.4 Å². The van der Waals surface area contributed by atoms with Crippen molar-refractivity contribution < 1.29 is 14.3 Å². The van der Waals surface area contributed by atoms with E-state index in [0.29, 0.717) is 46.9 Å². The number of anilines is 1. The molecule has 4 aromatic rings. The number of nitrogens with zero attached hydrogens (tertiary/aromatic N) is 3. The lowest BCUT2D eigenvalue weighted by molar-refractivity contribution is -0.127. The number of ether oxygens (including phenoxy) is 1. The fourth-order valence-electron chi connectivity index (χ4n) is 5.48. The van der Waals surface area contributed by atoms with E-state index in [9.17, 15) is 9.59 Å². The van der Waals surface area contributed by atoms with Crippen LogP contribution < -0.4 is 16.4 Å². The summed E-state index contributed by atoms with van der Waals surface area (Å²) >= 11 is 6.67. The van der Waals surface area contributed by atoms with Crippen molar-refractivity contribution in [2.24, 2.45) is 11.8 Å². The molecule has 0 bridgehead atoms. The lowest BCUT2D eigenvalue weighted by Crippen LogP contribution is -2.39. The maximum atomic E-state index is 13.5. The Bertz CT molecular complexity index is 1580. The fraction of sp³-hybridized carbons (Fsp3) is 0.406. The smallest absolute Gasteiger partial charge is 0.407 e. The van der Waals surface area contributed by atoms with Gasteiger partial charge in [0.25, 0.3) is 0 Å². The normalized spacial score (nSPS) is 17.8. The molecule has 0 saturated heterocycles. The van der Waals surface area contributed by atoms with Crippen molar-refractivity contribution in [1.82, 2.24) is 30.6 Å². The van der Waals surface area contributed by atoms with Crippen LogP contribution in [0.15, 0.2) is 54.9 Å². The van der Waals surface area contributed by atoms with Crippen LogP contribution in [0.5, 0.6) is 0 Å². The molecule has 11 heteroatoms. The van der Waals surface area contributed by atoms with E-state index < -0.39 is 17.7 Å². The van der Waals surface area contributed by atoms with Crippen LogP contribution in [0.25, 0.3) is 22.2 Å². The second kappa shape index (κ2) is 13.0. The number of aromatic nitrogens is 4. The van der Waals surface area contributed by atoms with Crippen molar-refractivity contribution in [3.63, 3.8) is 0 Å². The molecule has 10 nitrogen and oxygen atoms in total. The summed E-state index contributed by atoms with van der Waals surface area (Å²) in [5, 5.41) is 7.25. The molecule has 226 valence electrons. The number of imidazole rings is 1. The van der Waals surface area contributed by atoms with E-state index in [4.69, 9.17) is 27.1 Å². The minimum atomic E-state index is -0.534. The third kappa shape index (κ3) is 7.81. The molecule has 5 rings (SSSR count). The molecule has 2 heterocycles. The molecule has 1 saturated carbocycles. The van der Waals surface area contributed by atoms with Crippen LogP contribution in [0.1, 0.15) is 63.9 Å². The Balaban J connectivity index is 1.28. The number of nitrogen functional groups attached to an aromatic ring is 1. The molecule has 0 aliphatic heterocycles. The number of aromatic amines is 1. The van der Waals surface area contributed by atoms with Gasteiger partial charge in [0.15, 0.2) is 0 Å². The summed E-state index contributed by atoms with van der Waals surface area (Å²) in [5.41, 5.74) is 8.57. The topological polar surface area (TPSA) is 148 Å². The number of hydrogen-bond donors (Lipinski definition) is 4. The number of nitrogens with two attached hydrogens (primary N) is 1. The predicted molar refractivity (Wildman–Crippen MR) is 167 cm³/mol. The minimum absolute atomic E-state index is 0.00793. The lowest BCUT2D eigenvalue weighted by Gasteiger charge is -2.29. The number of H-pyrrole nitrogens is 1. The quantitative estimate of drug-likeness (QED) is 0.193. The number of amides is 2. The van der Waals surface area contributed by atoms with E-state index in [2.05, 4.69) is 25.6 Å². The molecular weight excluding hydrogens is 566 g/mol. The Morgan fingerprint density at radius 1 is 1.09 bits per heavy atom. The average molecular weight is 604 g/mol. The molecule has 2 amide bonds. The lowest BCUT2D eigenvalue weighted by atomic mass is 9.81. The molecule has 1 fully saturated rings. The molecule has 0 unspecified atom stereocenters. The molecule has 1 aliphatic rings. The van der Waals surface area contributed by atoms with Gasteiger partial charge in [-0.1, -0.05) is 48.0 Å². The highest BCUT2D eigenvalue weighted by molar-refractivity contribution is 6.32. The second-order valence-corrected chi connectivity index (χ2v) is 12.5. The first-order chi connectivity index (χ1) is 20.6. The van der Waals surface area contributed by atoms with E-state index >= 15 is 0 Å². The van der Waals surface area contributed by atoms with E-state index in [0.717, 1.165) is 42.2 Å². The van der Waals surface area contributed by atoms with Gasteiger partial charge < -0.3 is 26.1 Å². The Labute approximate surface area is 256 Å². The monoisotopic (exact) mass is 603 g/mol. The fourth-order valence-corrected chi connectivity index (χ4v) is 5.72. The summed E-state index contributed by atoms with van der Waals surface area (Å²) in [5.74, 6) is 1.17. The van der Waals surface area contributed by atoms with Crippen LogP contribution in [-0.4, -0.2) is 44.1 Å². The first-order valence-corrected chi connectivity index (χ1v) is 15.0. The highest BCUT2D eigenvalue weighted by atomic mass is 35.5. The summed E-state index contributed by atoms with van der Waals surface area (Å²) < 4.78 is 5.34. The van der Waals surface area contributed by atoms with Crippen molar-refractivity contribution in [3.05, 3.63) is 71.4 Å². The summed E-state index contributed by atoms with van der Waals surface area (Å²) in [7, 11) is 0. The molecule has 2 aromatic carbocycles. The van der Waals surface area contributed by atoms with Gasteiger partial charge in [-0.05, 0) is 76.5 Å². The Morgan fingerprint density at radius 2 is 1.84 bits per heavy atom. The number of carbonyl (C=O) groups excluding carboxylic acids is 2. The SMILES string of the molecule is CC(C)(C)OC(=O)NCC1CCC(C(=O)N[C@@H](Cc2ccccc2)c2nc(-c3ccc4c(N)ncnc4c3)c(Cl)[nH]2)CC1. The zero-order chi connectivity index (χ0) is 30.6. The van der Waals surface area contributed by atoms with Crippen molar-refractivity contribution in [2.45, 2.75) is 64.5 Å². The summed E-state index contributed by atoms with van der Waals surface area (Å²) in [4.78, 5) is 42.0. The maximum Gasteiger partial charge on any atom is 0.407 e. The van der Waals surface area contributed by atoms with Crippen molar-refractivity contribution in [1.29, 1.82) is 0 Å². The molecule has 1 atom stereocenters. The van der Waals surface area contributed by atoms with Gasteiger partial charge in [-0.15, -0.1) is 0 Å². The molecule has 5 N–H and O–H groups in total. The molecule has 43 heavy (non-hydrogen) atoms. The standard InChI is InChI=1S/C32H38ClN7O3/c1-32(2,3)43-31(42)35-17-20-9-11-21(12-10-20)30(41)38-25(15-19-7-5-4-6-8-19)29-39-26(27(33)40-29)22-13-14-23-24(16-22)36-18-37-28(23)34/h4-8,13-14,16,18,20-21,25H,9-12,15,17H2,1-3H3,(H,35,42)(H,38,41)(H,39,40)(H2,34,36,37)/t20?,21?,25-/m0/s1. The van der Waals surface area contributed by atoms with Gasteiger partial charge in [0.1, 0.15) is 34.4 Å². The van der Waals surface area contributed by atoms with Gasteiger partial charge in [-0.2, -0.15) is 0 Å². The van der Waals surface area contributed by atoms with Gasteiger partial charge >= 0.3 is 6.09 Å². The van der Waals surface area contributed by atoms with Crippen molar-refractivity contribution >= 4 is 40.3 Å². The number of alkyl carbamates (subject to hydrolysis) is 1. The van der Waals surface area contributed by atoms with Gasteiger partial charge in [-0.3, -0.25) is 4.79 Å². The minimum Gasteiger partial charge on any atom is -0.444 e. The van der Waals surface area contributed by atoms with Crippen LogP contribution in [0.3, 0.4) is 0 Å². The second-order valence-electron chi connectivity index (χ2n) is 12.1. The molecule has 1 aliphatic carbocycles. The van der Waals surface area contributed by atoms with Gasteiger partial charge in [-0.25, -0.2) is 19.7 Å². The van der Waals surface area contributed by atoms with Crippen molar-refractivity contribution in [3.8, 4) is 11.3 Å². The van der Waals surface area contributed by atoms with Crippen LogP contribution in [0.2, 0.25) is 5.15 Å². The van der Waals surface area contributed by atoms with Crippen LogP contribution >= 0.6 is 11.6 Å². The van der Waals surface area contributed by atoms with Crippen LogP contribution in [-0.2, 0) is 16.0 Å². The Hall–Kier alpha value is -4.18. The van der Waals surface area contributed by atoms with E-state index in [-0.39, 0.29) is 11.8 Å². The van der Waals surface area contributed by atoms with Gasteiger partial charge in [0.2, 0.25) is 5.91 Å². The molecule has 0 spiro atoms. The Kier molecular flexibility index (Phi) is 9.15. The van der Waals surface area contributed by atoms with E-state index in [1.54, 1.807) is 0 Å². The van der Waals surface area contributed by atoms with Gasteiger partial charge in [0.05, 0.1) is 11.6 Å². The van der Waals surface area contributed by atoms with Crippen LogP contribution in [0.4, 0.5) is 10.6 Å². The molecule has 0 radical (unpaired) electrons. The number of hydrogen-bond acceptors (Lipinski definition) is 7. The van der Waals surface area contributed by atoms with E-state index in [1.165, 1.54) is 6.33 Å². The zero-order valence-corrected chi connectivity index (χ0v) is 25.4. The third-order valence-corrected chi connectivity index (χ3v) is 7.97. The largest absolute Gasteiger partial charge is 0.444 e. The summed E-state index contributed by atoms with van der Waals surface area (Å²) in [6.45, 7) is 6.07. The highest BCUT2D eigenvalue weighted by Gasteiger charge is 2.30. The summed E-state index contributed by atoms with van der Waals surface area (Å²) in [6, 6.07) is 15.2. The Morgan fingerprint density at radius 3 is 2.56 bits per heavy atom. The number of nitrogens with one attached hydrogen (secondary N) is 3. The number of rotatable bonds is 8. The molecule has 2 aromatic heterocycles.